The Morgan fingerprint density at radius 1 is 1.16 bits per heavy atom. The van der Waals surface area contributed by atoms with E-state index >= 15 is 0 Å². The summed E-state index contributed by atoms with van der Waals surface area (Å²) < 4.78 is 5.52. The molecule has 1 heterocycles. The summed E-state index contributed by atoms with van der Waals surface area (Å²) in [4.78, 5) is 13.0. The minimum absolute atomic E-state index is 0.418. The van der Waals surface area contributed by atoms with Crippen molar-refractivity contribution in [3.05, 3.63) is 0 Å². The van der Waals surface area contributed by atoms with Gasteiger partial charge in [0.25, 0.3) is 0 Å². The summed E-state index contributed by atoms with van der Waals surface area (Å²) in [6.07, 6.45) is 3.06. The topological polar surface area (TPSA) is 59.9 Å². The van der Waals surface area contributed by atoms with Crippen molar-refractivity contribution in [2.75, 3.05) is 18.5 Å². The highest BCUT2D eigenvalue weighted by molar-refractivity contribution is 7.99. The van der Waals surface area contributed by atoms with Crippen LogP contribution >= 0.6 is 11.8 Å². The maximum atomic E-state index is 5.52. The molecule has 0 spiro atoms. The van der Waals surface area contributed by atoms with Crippen molar-refractivity contribution in [3.8, 4) is 6.01 Å². The molecule has 0 bridgehead atoms. The molecule has 0 saturated heterocycles. The van der Waals surface area contributed by atoms with Gasteiger partial charge in [-0.05, 0) is 19.3 Å². The maximum absolute atomic E-state index is 5.52. The number of hydrogen-bond acceptors (Lipinski definition) is 6. The molecule has 0 saturated carbocycles. The molecule has 1 atom stereocenters. The van der Waals surface area contributed by atoms with Gasteiger partial charge in [0.05, 0.1) is 6.61 Å². The highest BCUT2D eigenvalue weighted by Crippen LogP contribution is 2.23. The molecular formula is C13H24N4OS. The predicted molar refractivity (Wildman–Crippen MR) is 80.0 cm³/mol. The zero-order chi connectivity index (χ0) is 14.1. The lowest BCUT2D eigenvalue weighted by Gasteiger charge is -2.10. The van der Waals surface area contributed by atoms with Crippen LogP contribution in [0.4, 0.5) is 5.95 Å². The fraction of sp³-hybridized carbons (Fsp3) is 0.769. The molecule has 108 valence electrons. The lowest BCUT2D eigenvalue weighted by molar-refractivity contribution is 0.288. The van der Waals surface area contributed by atoms with Crippen LogP contribution in [-0.4, -0.2) is 33.4 Å². The minimum atomic E-state index is 0.418. The van der Waals surface area contributed by atoms with E-state index in [1.807, 2.05) is 0 Å². The van der Waals surface area contributed by atoms with Gasteiger partial charge in [-0.2, -0.15) is 15.0 Å². The van der Waals surface area contributed by atoms with Crippen molar-refractivity contribution in [1.82, 2.24) is 15.0 Å². The molecule has 1 N–H and O–H groups in total. The van der Waals surface area contributed by atoms with Crippen LogP contribution < -0.4 is 10.1 Å². The fourth-order valence-electron chi connectivity index (χ4n) is 1.23. The number of nitrogens with one attached hydrogen (secondary N) is 1. The number of thioether (sulfide) groups is 1. The van der Waals surface area contributed by atoms with Gasteiger partial charge < -0.3 is 10.1 Å². The smallest absolute Gasteiger partial charge is 0.322 e. The van der Waals surface area contributed by atoms with Crippen molar-refractivity contribution in [3.63, 3.8) is 0 Å². The Labute approximate surface area is 120 Å². The second-order valence-electron chi connectivity index (χ2n) is 4.34. The molecule has 1 aromatic heterocycles. The number of rotatable bonds is 9. The Balaban J connectivity index is 2.81. The van der Waals surface area contributed by atoms with Crippen LogP contribution in [0.3, 0.4) is 0 Å². The summed E-state index contributed by atoms with van der Waals surface area (Å²) in [6, 6.07) is 0.418. The van der Waals surface area contributed by atoms with Crippen molar-refractivity contribution in [2.45, 2.75) is 57.4 Å². The normalized spacial score (nSPS) is 12.2. The number of anilines is 1. The number of aromatic nitrogens is 3. The van der Waals surface area contributed by atoms with Crippen molar-refractivity contribution in [2.24, 2.45) is 0 Å². The molecule has 0 aliphatic heterocycles. The van der Waals surface area contributed by atoms with Gasteiger partial charge in [0, 0.05) is 11.8 Å². The molecular weight excluding hydrogens is 260 g/mol. The Morgan fingerprint density at radius 2 is 1.95 bits per heavy atom. The van der Waals surface area contributed by atoms with Crippen LogP contribution in [0.15, 0.2) is 5.16 Å². The maximum Gasteiger partial charge on any atom is 0.322 e. The first-order valence-electron chi connectivity index (χ1n) is 6.98. The summed E-state index contributed by atoms with van der Waals surface area (Å²) in [6.45, 7) is 9.98. The molecule has 1 rings (SSSR count). The molecule has 0 fully saturated rings. The Morgan fingerprint density at radius 3 is 2.58 bits per heavy atom. The van der Waals surface area contributed by atoms with Gasteiger partial charge in [0.2, 0.25) is 5.95 Å². The van der Waals surface area contributed by atoms with E-state index in [-0.39, 0.29) is 0 Å². The number of ether oxygens (including phenoxy) is 1. The third-order valence-corrected chi connectivity index (χ3v) is 3.57. The summed E-state index contributed by atoms with van der Waals surface area (Å²) in [5, 5.41) is 4.40. The molecule has 0 aliphatic carbocycles. The first-order valence-corrected chi connectivity index (χ1v) is 7.86. The quantitative estimate of drug-likeness (QED) is 0.702. The first kappa shape index (κ1) is 16.0. The van der Waals surface area contributed by atoms with Gasteiger partial charge in [0.1, 0.15) is 0 Å². The lowest BCUT2D eigenvalue weighted by Crippen LogP contribution is -2.09. The van der Waals surface area contributed by atoms with E-state index in [2.05, 4.69) is 48.0 Å². The van der Waals surface area contributed by atoms with E-state index in [0.717, 1.165) is 31.0 Å². The zero-order valence-electron chi connectivity index (χ0n) is 12.3. The van der Waals surface area contributed by atoms with Crippen LogP contribution in [-0.2, 0) is 0 Å². The first-order chi connectivity index (χ1) is 9.19. The largest absolute Gasteiger partial charge is 0.463 e. The molecule has 0 radical (unpaired) electrons. The van der Waals surface area contributed by atoms with Gasteiger partial charge in [-0.3, -0.25) is 0 Å². The van der Waals surface area contributed by atoms with E-state index in [4.69, 9.17) is 4.74 Å². The highest BCUT2D eigenvalue weighted by Gasteiger charge is 2.10. The highest BCUT2D eigenvalue weighted by atomic mass is 32.2. The SMILES string of the molecule is CCCNc1nc(OCCC)nc(SC(C)CC)n1. The second-order valence-corrected chi connectivity index (χ2v) is 5.74. The van der Waals surface area contributed by atoms with Gasteiger partial charge in [0.15, 0.2) is 5.16 Å². The summed E-state index contributed by atoms with van der Waals surface area (Å²) in [5.74, 6) is 0.605. The molecule has 1 unspecified atom stereocenters. The van der Waals surface area contributed by atoms with Crippen molar-refractivity contribution in [1.29, 1.82) is 0 Å². The molecule has 0 aromatic carbocycles. The Bertz CT molecular complexity index is 349. The second kappa shape index (κ2) is 8.96. The molecule has 5 nitrogen and oxygen atoms in total. The minimum Gasteiger partial charge on any atom is -0.463 e. The Hall–Kier alpha value is -1.04. The predicted octanol–water partition coefficient (Wildman–Crippen LogP) is 3.37. The van der Waals surface area contributed by atoms with Crippen LogP contribution in [0.1, 0.15) is 47.0 Å². The standard InChI is InChI=1S/C13H24N4OS/c1-5-8-14-11-15-12(18-9-6-2)17-13(16-11)19-10(4)7-3/h10H,5-9H2,1-4H3,(H,14,15,16,17). The molecule has 19 heavy (non-hydrogen) atoms. The molecule has 0 aliphatic rings. The van der Waals surface area contributed by atoms with Crippen molar-refractivity contribution >= 4 is 17.7 Å². The van der Waals surface area contributed by atoms with Gasteiger partial charge in [-0.1, -0.05) is 39.5 Å². The average Bonchev–Trinajstić information content (AvgIpc) is 2.42. The zero-order valence-corrected chi connectivity index (χ0v) is 13.1. The van der Waals surface area contributed by atoms with Crippen LogP contribution in [0.2, 0.25) is 0 Å². The summed E-state index contributed by atoms with van der Waals surface area (Å²) >= 11 is 1.66. The van der Waals surface area contributed by atoms with Crippen molar-refractivity contribution < 1.29 is 4.74 Å². The monoisotopic (exact) mass is 284 g/mol. The number of hydrogen-bond donors (Lipinski definition) is 1. The third kappa shape index (κ3) is 6.09. The molecule has 1 aromatic rings. The van der Waals surface area contributed by atoms with Crippen LogP contribution in [0.25, 0.3) is 0 Å². The van der Waals surface area contributed by atoms with E-state index in [0.29, 0.717) is 23.8 Å². The van der Waals surface area contributed by atoms with Gasteiger partial charge in [-0.25, -0.2) is 0 Å². The van der Waals surface area contributed by atoms with Crippen LogP contribution in [0.5, 0.6) is 6.01 Å². The lowest BCUT2D eigenvalue weighted by atomic mass is 10.4. The average molecular weight is 284 g/mol. The van der Waals surface area contributed by atoms with Crippen LogP contribution in [0, 0.1) is 0 Å². The summed E-state index contributed by atoms with van der Waals surface area (Å²) in [5.41, 5.74) is 0. The Kier molecular flexibility index (Phi) is 7.55. The number of nitrogens with zero attached hydrogens (tertiary/aromatic N) is 3. The molecule has 6 heteroatoms. The van der Waals surface area contributed by atoms with E-state index in [1.165, 1.54) is 0 Å². The fourth-order valence-corrected chi connectivity index (χ4v) is 2.02. The summed E-state index contributed by atoms with van der Waals surface area (Å²) in [7, 11) is 0. The van der Waals surface area contributed by atoms with Gasteiger partial charge >= 0.3 is 6.01 Å². The van der Waals surface area contributed by atoms with Gasteiger partial charge in [-0.15, -0.1) is 0 Å². The van der Waals surface area contributed by atoms with E-state index in [1.54, 1.807) is 11.8 Å². The molecule has 0 amide bonds. The third-order valence-electron chi connectivity index (χ3n) is 2.44. The van der Waals surface area contributed by atoms with E-state index < -0.39 is 0 Å². The van der Waals surface area contributed by atoms with E-state index in [9.17, 15) is 0 Å².